The third kappa shape index (κ3) is 3.55. The molecule has 7 heteroatoms. The number of halogens is 1. The van der Waals surface area contributed by atoms with E-state index in [2.05, 4.69) is 0 Å². The summed E-state index contributed by atoms with van der Waals surface area (Å²) in [4.78, 5) is 0.118. The van der Waals surface area contributed by atoms with E-state index in [1.807, 2.05) is 6.07 Å². The van der Waals surface area contributed by atoms with Crippen LogP contribution >= 0.6 is 11.6 Å². The fourth-order valence-electron chi connectivity index (χ4n) is 2.31. The highest BCUT2D eigenvalue weighted by Gasteiger charge is 2.28. The van der Waals surface area contributed by atoms with Gasteiger partial charge in [0.15, 0.2) is 0 Å². The van der Waals surface area contributed by atoms with E-state index in [0.717, 1.165) is 6.42 Å². The summed E-state index contributed by atoms with van der Waals surface area (Å²) in [6.45, 7) is 3.91. The van der Waals surface area contributed by atoms with Crippen molar-refractivity contribution >= 4 is 21.6 Å². The van der Waals surface area contributed by atoms with E-state index in [-0.39, 0.29) is 21.4 Å². The number of hydrogen-bond acceptors (Lipinski definition) is 4. The number of rotatable bonds is 5. The number of benzene rings is 1. The van der Waals surface area contributed by atoms with Crippen LogP contribution in [0.2, 0.25) is 5.02 Å². The average molecular weight is 329 g/mol. The molecule has 0 bridgehead atoms. The smallest absolute Gasteiger partial charge is 0.243 e. The van der Waals surface area contributed by atoms with Crippen molar-refractivity contribution in [2.45, 2.75) is 18.2 Å². The van der Waals surface area contributed by atoms with Crippen LogP contribution < -0.4 is 0 Å². The van der Waals surface area contributed by atoms with Gasteiger partial charge in [0.25, 0.3) is 0 Å². The van der Waals surface area contributed by atoms with Gasteiger partial charge in [-0.05, 0) is 30.5 Å². The molecule has 0 aromatic heterocycles. The standard InChI is InChI=1S/C14H17ClN2O3S/c1-2-17(9-11-5-6-20-10-11)21(18,19)13-4-3-12(8-16)14(15)7-13/h3-4,7,11H,2,5-6,9-10H2,1H3/t11-/m0/s1. The summed E-state index contributed by atoms with van der Waals surface area (Å²) in [5.74, 6) is 0.230. The Labute approximate surface area is 130 Å². The predicted molar refractivity (Wildman–Crippen MR) is 79.5 cm³/mol. The molecule has 0 radical (unpaired) electrons. The van der Waals surface area contributed by atoms with Crippen molar-refractivity contribution in [1.82, 2.24) is 4.31 Å². The lowest BCUT2D eigenvalue weighted by molar-refractivity contribution is 0.181. The van der Waals surface area contributed by atoms with Gasteiger partial charge in [-0.2, -0.15) is 9.57 Å². The number of sulfonamides is 1. The maximum absolute atomic E-state index is 12.6. The topological polar surface area (TPSA) is 70.4 Å². The number of hydrogen-bond donors (Lipinski definition) is 0. The summed E-state index contributed by atoms with van der Waals surface area (Å²) < 4.78 is 32.0. The van der Waals surface area contributed by atoms with E-state index in [0.29, 0.717) is 26.3 Å². The van der Waals surface area contributed by atoms with Gasteiger partial charge in [0.05, 0.1) is 22.1 Å². The van der Waals surface area contributed by atoms with Crippen molar-refractivity contribution in [3.05, 3.63) is 28.8 Å². The van der Waals surface area contributed by atoms with E-state index in [1.54, 1.807) is 6.92 Å². The van der Waals surface area contributed by atoms with Crippen LogP contribution in [0, 0.1) is 17.2 Å². The van der Waals surface area contributed by atoms with Crippen molar-refractivity contribution in [2.75, 3.05) is 26.3 Å². The highest BCUT2D eigenvalue weighted by atomic mass is 35.5. The first-order valence-electron chi connectivity index (χ1n) is 6.76. The van der Waals surface area contributed by atoms with Crippen LogP contribution in [0.1, 0.15) is 18.9 Å². The predicted octanol–water partition coefficient (Wildman–Crippen LogP) is 2.26. The molecule has 0 unspecified atom stereocenters. The van der Waals surface area contributed by atoms with E-state index >= 15 is 0 Å². The molecule has 21 heavy (non-hydrogen) atoms. The third-order valence-electron chi connectivity index (χ3n) is 3.54. The van der Waals surface area contributed by atoms with Gasteiger partial charge in [0, 0.05) is 19.7 Å². The summed E-state index contributed by atoms with van der Waals surface area (Å²) in [7, 11) is -3.60. The molecule has 0 aliphatic carbocycles. The van der Waals surface area contributed by atoms with Crippen molar-refractivity contribution in [3.63, 3.8) is 0 Å². The molecule has 0 saturated carbocycles. The van der Waals surface area contributed by atoms with Gasteiger partial charge in [-0.25, -0.2) is 8.42 Å². The Hall–Kier alpha value is -1.13. The quantitative estimate of drug-likeness (QED) is 0.831. The van der Waals surface area contributed by atoms with Crippen molar-refractivity contribution in [3.8, 4) is 6.07 Å². The first kappa shape index (κ1) is 16.2. The fraction of sp³-hybridized carbons (Fsp3) is 0.500. The van der Waals surface area contributed by atoms with Crippen LogP contribution in [0.15, 0.2) is 23.1 Å². The van der Waals surface area contributed by atoms with Crippen LogP contribution in [0.25, 0.3) is 0 Å². The molecule has 114 valence electrons. The van der Waals surface area contributed by atoms with Gasteiger partial charge in [-0.15, -0.1) is 0 Å². The molecule has 1 aliphatic rings. The maximum atomic E-state index is 12.6. The third-order valence-corrected chi connectivity index (χ3v) is 5.79. The maximum Gasteiger partial charge on any atom is 0.243 e. The summed E-state index contributed by atoms with van der Waals surface area (Å²) in [6.07, 6.45) is 0.875. The molecule has 1 atom stereocenters. The second kappa shape index (κ2) is 6.75. The molecule has 0 amide bonds. The Bertz CT molecular complexity index is 649. The van der Waals surface area contributed by atoms with Gasteiger partial charge in [-0.3, -0.25) is 0 Å². The Morgan fingerprint density at radius 2 is 2.29 bits per heavy atom. The minimum Gasteiger partial charge on any atom is -0.381 e. The van der Waals surface area contributed by atoms with Gasteiger partial charge in [-0.1, -0.05) is 18.5 Å². The lowest BCUT2D eigenvalue weighted by Crippen LogP contribution is -2.35. The minimum absolute atomic E-state index is 0.118. The zero-order chi connectivity index (χ0) is 15.5. The fourth-order valence-corrected chi connectivity index (χ4v) is 4.15. The summed E-state index contributed by atoms with van der Waals surface area (Å²) >= 11 is 5.93. The van der Waals surface area contributed by atoms with E-state index in [4.69, 9.17) is 21.6 Å². The molecule has 1 aromatic carbocycles. The molecule has 1 fully saturated rings. The molecule has 1 aromatic rings. The zero-order valence-electron chi connectivity index (χ0n) is 11.8. The Kier molecular flexibility index (Phi) is 5.22. The van der Waals surface area contributed by atoms with Crippen LogP contribution in [-0.2, 0) is 14.8 Å². The number of nitriles is 1. The summed E-state index contributed by atoms with van der Waals surface area (Å²) in [5, 5.41) is 9.00. The second-order valence-corrected chi connectivity index (χ2v) is 7.28. The number of nitrogens with zero attached hydrogens (tertiary/aromatic N) is 2. The summed E-state index contributed by atoms with van der Waals surface area (Å²) in [5.41, 5.74) is 0.267. The minimum atomic E-state index is -3.60. The average Bonchev–Trinajstić information content (AvgIpc) is 2.97. The van der Waals surface area contributed by atoms with E-state index in [1.165, 1.54) is 22.5 Å². The van der Waals surface area contributed by atoms with Gasteiger partial charge >= 0.3 is 0 Å². The molecular weight excluding hydrogens is 312 g/mol. The van der Waals surface area contributed by atoms with Crippen molar-refractivity contribution in [1.29, 1.82) is 5.26 Å². The highest BCUT2D eigenvalue weighted by molar-refractivity contribution is 7.89. The van der Waals surface area contributed by atoms with Crippen LogP contribution in [0.5, 0.6) is 0 Å². The zero-order valence-corrected chi connectivity index (χ0v) is 13.3. The molecule has 0 spiro atoms. The van der Waals surface area contributed by atoms with Gasteiger partial charge in [0.2, 0.25) is 10.0 Å². The van der Waals surface area contributed by atoms with Crippen molar-refractivity contribution < 1.29 is 13.2 Å². The Morgan fingerprint density at radius 3 is 2.81 bits per heavy atom. The SMILES string of the molecule is CCN(C[C@@H]1CCOC1)S(=O)(=O)c1ccc(C#N)c(Cl)c1. The normalized spacial score (nSPS) is 18.9. The molecule has 0 N–H and O–H groups in total. The lowest BCUT2D eigenvalue weighted by atomic mass is 10.1. The lowest BCUT2D eigenvalue weighted by Gasteiger charge is -2.23. The van der Waals surface area contributed by atoms with Crippen LogP contribution in [-0.4, -0.2) is 39.0 Å². The van der Waals surface area contributed by atoms with Crippen LogP contribution in [0.4, 0.5) is 0 Å². The monoisotopic (exact) mass is 328 g/mol. The Balaban J connectivity index is 2.26. The molecular formula is C14H17ClN2O3S. The van der Waals surface area contributed by atoms with E-state index < -0.39 is 10.0 Å². The van der Waals surface area contributed by atoms with Crippen LogP contribution in [0.3, 0.4) is 0 Å². The molecule has 1 heterocycles. The Morgan fingerprint density at radius 1 is 1.52 bits per heavy atom. The first-order valence-corrected chi connectivity index (χ1v) is 8.58. The molecule has 1 aliphatic heterocycles. The summed E-state index contributed by atoms with van der Waals surface area (Å²) in [6, 6.07) is 6.11. The van der Waals surface area contributed by atoms with Gasteiger partial charge < -0.3 is 4.74 Å². The molecule has 2 rings (SSSR count). The van der Waals surface area contributed by atoms with E-state index in [9.17, 15) is 8.42 Å². The van der Waals surface area contributed by atoms with Gasteiger partial charge in [0.1, 0.15) is 6.07 Å². The highest BCUT2D eigenvalue weighted by Crippen LogP contribution is 2.24. The second-order valence-electron chi connectivity index (χ2n) is 4.94. The molecule has 5 nitrogen and oxygen atoms in total. The number of ether oxygens (including phenoxy) is 1. The molecule has 1 saturated heterocycles. The first-order chi connectivity index (χ1) is 9.98. The largest absolute Gasteiger partial charge is 0.381 e. The van der Waals surface area contributed by atoms with Crippen molar-refractivity contribution in [2.24, 2.45) is 5.92 Å².